The van der Waals surface area contributed by atoms with E-state index in [1.54, 1.807) is 0 Å². The number of hydrogen-bond donors (Lipinski definition) is 0. The Morgan fingerprint density at radius 1 is 0.279 bits per heavy atom. The van der Waals surface area contributed by atoms with Crippen LogP contribution in [0.4, 0.5) is 0 Å². The predicted molar refractivity (Wildman–Crippen MR) is 287 cm³/mol. The van der Waals surface area contributed by atoms with Crippen molar-refractivity contribution in [3.8, 4) is 33.4 Å². The van der Waals surface area contributed by atoms with Gasteiger partial charge in [-0.1, -0.05) is 206 Å². The van der Waals surface area contributed by atoms with Crippen LogP contribution < -0.4 is 0 Å². The molecule has 0 radical (unpaired) electrons. The van der Waals surface area contributed by atoms with Crippen molar-refractivity contribution in [3.05, 3.63) is 265 Å². The number of furan rings is 1. The fraction of sp³-hybridized carbons (Fsp3) is 0.0149. The van der Waals surface area contributed by atoms with E-state index in [9.17, 15) is 0 Å². The van der Waals surface area contributed by atoms with Gasteiger partial charge in [-0.05, 0) is 157 Å². The zero-order valence-corrected chi connectivity index (χ0v) is 37.0. The molecule has 1 aliphatic carbocycles. The molecule has 13 aromatic carbocycles. The number of hydrogen-bond acceptors (Lipinski definition) is 1. The van der Waals surface area contributed by atoms with Crippen molar-refractivity contribution in [2.75, 3.05) is 0 Å². The summed E-state index contributed by atoms with van der Waals surface area (Å²) in [5, 5.41) is 17.3. The molecule has 15 rings (SSSR count). The van der Waals surface area contributed by atoms with Crippen LogP contribution in [0.25, 0.3) is 120 Å². The van der Waals surface area contributed by atoms with Crippen molar-refractivity contribution in [2.45, 2.75) is 5.41 Å². The van der Waals surface area contributed by atoms with E-state index in [1.807, 2.05) is 0 Å². The van der Waals surface area contributed by atoms with Crippen LogP contribution in [-0.4, -0.2) is 0 Å². The summed E-state index contributed by atoms with van der Waals surface area (Å²) < 4.78 is 6.49. The topological polar surface area (TPSA) is 13.1 Å². The van der Waals surface area contributed by atoms with Crippen molar-refractivity contribution in [2.24, 2.45) is 0 Å². The Labute approximate surface area is 392 Å². The minimum absolute atomic E-state index is 0.574. The van der Waals surface area contributed by atoms with Crippen molar-refractivity contribution >= 4 is 86.6 Å². The maximum absolute atomic E-state index is 6.49. The van der Waals surface area contributed by atoms with Crippen LogP contribution in [-0.2, 0) is 5.41 Å². The molecule has 0 unspecified atom stereocenters. The Balaban J connectivity index is 1.01. The molecule has 14 aromatic rings. The third-order valence-electron chi connectivity index (χ3n) is 15.2. The van der Waals surface area contributed by atoms with Gasteiger partial charge in [0.15, 0.2) is 0 Å². The van der Waals surface area contributed by atoms with Gasteiger partial charge in [-0.25, -0.2) is 0 Å². The zero-order chi connectivity index (χ0) is 44.5. The average Bonchev–Trinajstić information content (AvgIpc) is 3.94. The highest BCUT2D eigenvalue weighted by atomic mass is 16.3. The molecule has 1 aromatic heterocycles. The lowest BCUT2D eigenvalue weighted by molar-refractivity contribution is 0.669. The van der Waals surface area contributed by atoms with Gasteiger partial charge >= 0.3 is 0 Å². The molecule has 1 nitrogen and oxygen atoms in total. The summed E-state index contributed by atoms with van der Waals surface area (Å²) in [7, 11) is 0. The lowest BCUT2D eigenvalue weighted by Gasteiger charge is -2.35. The van der Waals surface area contributed by atoms with Crippen molar-refractivity contribution in [1.29, 1.82) is 0 Å². The van der Waals surface area contributed by atoms with Gasteiger partial charge < -0.3 is 4.42 Å². The molecule has 68 heavy (non-hydrogen) atoms. The molecular weight excluding hydrogens is 821 g/mol. The highest BCUT2D eigenvalue weighted by Gasteiger charge is 2.48. The van der Waals surface area contributed by atoms with Gasteiger partial charge in [-0.3, -0.25) is 0 Å². The van der Waals surface area contributed by atoms with Gasteiger partial charge in [0.1, 0.15) is 11.2 Å². The van der Waals surface area contributed by atoms with Crippen LogP contribution in [0.1, 0.15) is 22.3 Å². The van der Waals surface area contributed by atoms with E-state index in [1.165, 1.54) is 126 Å². The molecule has 0 spiro atoms. The van der Waals surface area contributed by atoms with Gasteiger partial charge in [0.2, 0.25) is 0 Å². The molecule has 0 fully saturated rings. The Morgan fingerprint density at radius 3 is 1.38 bits per heavy atom. The van der Waals surface area contributed by atoms with Crippen molar-refractivity contribution < 1.29 is 4.42 Å². The molecule has 1 heterocycles. The molecule has 314 valence electrons. The van der Waals surface area contributed by atoms with E-state index in [2.05, 4.69) is 243 Å². The first-order chi connectivity index (χ1) is 33.7. The molecular formula is C67H40O. The number of rotatable bonds is 4. The van der Waals surface area contributed by atoms with Gasteiger partial charge in [0.05, 0.1) is 5.41 Å². The third kappa shape index (κ3) is 5.05. The summed E-state index contributed by atoms with van der Waals surface area (Å²) in [6, 6.07) is 90.4. The Hall–Kier alpha value is -8.78. The largest absolute Gasteiger partial charge is 0.456 e. The highest BCUT2D eigenvalue weighted by Crippen LogP contribution is 2.61. The highest BCUT2D eigenvalue weighted by molar-refractivity contribution is 6.25. The van der Waals surface area contributed by atoms with Crippen molar-refractivity contribution in [3.63, 3.8) is 0 Å². The summed E-state index contributed by atoms with van der Waals surface area (Å²) >= 11 is 0. The van der Waals surface area contributed by atoms with Crippen LogP contribution in [0, 0.1) is 0 Å². The van der Waals surface area contributed by atoms with Crippen molar-refractivity contribution in [1.82, 2.24) is 0 Å². The molecule has 0 N–H and O–H groups in total. The first kappa shape index (κ1) is 37.4. The lowest BCUT2D eigenvalue weighted by Crippen LogP contribution is -2.28. The molecule has 0 saturated carbocycles. The third-order valence-corrected chi connectivity index (χ3v) is 15.2. The standard InChI is InChI=1S/C67H40O/c1-3-18-46(19-4-1)67(47-20-5-2-6-21-47)59-40-45-37-43(32-31-42(45)38-57(59)65-51-25-11-9-23-49(51)50-24-10-16-30-56(50)66(65)67)62-52-26-12-14-28-54(52)63(55-29-15-13-27-53(55)62)44-34-35-60-58(39-44)64-48-22-8-7-17-41(48)33-36-61(64)68-60/h1-40H. The SMILES string of the molecule is c1ccc(C2(c3ccccc3)c3cc4cc(-c5c6ccccc6c(-c6ccc7oc8ccc9ccccc9c8c7c6)c6ccccc56)ccc4cc3-c3c2c2ccccc2c2ccccc32)cc1. The van der Waals surface area contributed by atoms with E-state index in [0.717, 1.165) is 16.6 Å². The molecule has 1 heteroatoms. The minimum Gasteiger partial charge on any atom is -0.456 e. The predicted octanol–water partition coefficient (Wildman–Crippen LogP) is 18.2. The Kier molecular flexibility index (Phi) is 7.77. The molecule has 0 amide bonds. The van der Waals surface area contributed by atoms with E-state index >= 15 is 0 Å². The maximum atomic E-state index is 6.49. The number of benzene rings is 13. The van der Waals surface area contributed by atoms with Crippen LogP contribution in [0.15, 0.2) is 247 Å². The summed E-state index contributed by atoms with van der Waals surface area (Å²) in [4.78, 5) is 0. The van der Waals surface area contributed by atoms with E-state index in [0.29, 0.717) is 0 Å². The average molecular weight is 861 g/mol. The maximum Gasteiger partial charge on any atom is 0.136 e. The molecule has 0 saturated heterocycles. The first-order valence-electron chi connectivity index (χ1n) is 23.7. The summed E-state index contributed by atoms with van der Waals surface area (Å²) in [6.07, 6.45) is 0. The van der Waals surface area contributed by atoms with E-state index < -0.39 is 5.41 Å². The Bertz CT molecular complexity index is 4330. The monoisotopic (exact) mass is 860 g/mol. The molecule has 1 aliphatic rings. The summed E-state index contributed by atoms with van der Waals surface area (Å²) in [5.41, 5.74) is 14.0. The second-order valence-corrected chi connectivity index (χ2v) is 18.6. The Morgan fingerprint density at radius 2 is 0.750 bits per heavy atom. The minimum atomic E-state index is -0.574. The number of fused-ring (bicyclic) bond motifs is 16. The van der Waals surface area contributed by atoms with Crippen LogP contribution in [0.3, 0.4) is 0 Å². The smallest absolute Gasteiger partial charge is 0.136 e. The van der Waals surface area contributed by atoms with Crippen LogP contribution in [0.5, 0.6) is 0 Å². The first-order valence-corrected chi connectivity index (χ1v) is 23.7. The second-order valence-electron chi connectivity index (χ2n) is 18.6. The van der Waals surface area contributed by atoms with Gasteiger partial charge in [0, 0.05) is 10.8 Å². The molecule has 0 bridgehead atoms. The van der Waals surface area contributed by atoms with Gasteiger partial charge in [-0.2, -0.15) is 0 Å². The summed E-state index contributed by atoms with van der Waals surface area (Å²) in [6.45, 7) is 0. The molecule has 0 aliphatic heterocycles. The van der Waals surface area contributed by atoms with Gasteiger partial charge in [-0.15, -0.1) is 0 Å². The van der Waals surface area contributed by atoms with Crippen LogP contribution >= 0.6 is 0 Å². The van der Waals surface area contributed by atoms with E-state index in [4.69, 9.17) is 4.42 Å². The lowest BCUT2D eigenvalue weighted by atomic mass is 9.66. The quantitative estimate of drug-likeness (QED) is 0.127. The van der Waals surface area contributed by atoms with Gasteiger partial charge in [0.25, 0.3) is 0 Å². The summed E-state index contributed by atoms with van der Waals surface area (Å²) in [5.74, 6) is 0. The second kappa shape index (κ2) is 14.1. The fourth-order valence-corrected chi connectivity index (χ4v) is 12.5. The van der Waals surface area contributed by atoms with E-state index in [-0.39, 0.29) is 0 Å². The normalized spacial score (nSPS) is 13.1. The molecule has 0 atom stereocenters. The van der Waals surface area contributed by atoms with Crippen LogP contribution in [0.2, 0.25) is 0 Å². The fourth-order valence-electron chi connectivity index (χ4n) is 12.5. The zero-order valence-electron chi connectivity index (χ0n) is 37.0.